The minimum atomic E-state index is -0.224. The molecule has 2 aromatic carbocycles. The largest absolute Gasteiger partial charge is 0.336 e. The van der Waals surface area contributed by atoms with Crippen molar-refractivity contribution in [3.8, 4) is 0 Å². The maximum absolute atomic E-state index is 13.5. The summed E-state index contributed by atoms with van der Waals surface area (Å²) in [5.41, 5.74) is 5.23. The van der Waals surface area contributed by atoms with Crippen LogP contribution < -0.4 is 10.5 Å². The van der Waals surface area contributed by atoms with Crippen molar-refractivity contribution in [2.45, 2.75) is 39.5 Å². The Balaban J connectivity index is 1.39. The lowest BCUT2D eigenvalue weighted by atomic mass is 10.1. The van der Waals surface area contributed by atoms with Gasteiger partial charge in [0.25, 0.3) is 5.56 Å². The summed E-state index contributed by atoms with van der Waals surface area (Å²) in [6.07, 6.45) is 0.813. The average molecular weight is 404 g/mol. The van der Waals surface area contributed by atoms with E-state index in [1.807, 2.05) is 12.1 Å². The quantitative estimate of drug-likeness (QED) is 0.669. The van der Waals surface area contributed by atoms with E-state index in [0.29, 0.717) is 13.1 Å². The van der Waals surface area contributed by atoms with Gasteiger partial charge in [0.05, 0.1) is 5.56 Å². The number of nitrogens with zero attached hydrogens (tertiary/aromatic N) is 4. The molecule has 154 valence electrons. The molecule has 0 fully saturated rings. The predicted molar refractivity (Wildman–Crippen MR) is 115 cm³/mol. The summed E-state index contributed by atoms with van der Waals surface area (Å²) in [4.78, 5) is 21.8. The molecule has 2 aliphatic rings. The van der Waals surface area contributed by atoms with Gasteiger partial charge in [0, 0.05) is 51.4 Å². The van der Waals surface area contributed by atoms with Crippen molar-refractivity contribution in [1.29, 1.82) is 0 Å². The van der Waals surface area contributed by atoms with Crippen LogP contribution in [0.4, 0.5) is 10.3 Å². The van der Waals surface area contributed by atoms with Crippen LogP contribution >= 0.6 is 0 Å². The Hall–Kier alpha value is -2.99. The lowest BCUT2D eigenvalue weighted by Gasteiger charge is -2.30. The highest BCUT2D eigenvalue weighted by Crippen LogP contribution is 2.27. The third kappa shape index (κ3) is 3.52. The summed E-state index contributed by atoms with van der Waals surface area (Å²) in [6.45, 7) is 6.66. The molecule has 30 heavy (non-hydrogen) atoms. The van der Waals surface area contributed by atoms with E-state index < -0.39 is 0 Å². The molecule has 6 heteroatoms. The highest BCUT2D eigenvalue weighted by Gasteiger charge is 2.29. The van der Waals surface area contributed by atoms with Gasteiger partial charge in [0.1, 0.15) is 5.82 Å². The van der Waals surface area contributed by atoms with Gasteiger partial charge in [-0.1, -0.05) is 36.4 Å². The molecule has 0 amide bonds. The van der Waals surface area contributed by atoms with Gasteiger partial charge in [-0.15, -0.1) is 0 Å². The van der Waals surface area contributed by atoms with Crippen molar-refractivity contribution in [3.63, 3.8) is 0 Å². The van der Waals surface area contributed by atoms with E-state index in [2.05, 4.69) is 44.5 Å². The number of rotatable bonds is 4. The Bertz CT molecular complexity index is 1160. The van der Waals surface area contributed by atoms with E-state index in [-0.39, 0.29) is 11.4 Å². The van der Waals surface area contributed by atoms with Crippen LogP contribution in [0.25, 0.3) is 0 Å². The highest BCUT2D eigenvalue weighted by molar-refractivity contribution is 5.42. The molecule has 5 nitrogen and oxygen atoms in total. The van der Waals surface area contributed by atoms with Crippen LogP contribution in [-0.2, 0) is 32.6 Å². The molecule has 3 aromatic rings. The molecule has 0 saturated heterocycles. The molecule has 3 heterocycles. The Morgan fingerprint density at radius 3 is 2.73 bits per heavy atom. The van der Waals surface area contributed by atoms with E-state index in [4.69, 9.17) is 0 Å². The zero-order valence-corrected chi connectivity index (χ0v) is 17.1. The summed E-state index contributed by atoms with van der Waals surface area (Å²) >= 11 is 0. The Morgan fingerprint density at radius 2 is 1.90 bits per heavy atom. The number of aryl methyl sites for hydroxylation is 1. The lowest BCUT2D eigenvalue weighted by molar-refractivity contribution is 0.239. The number of hydrogen-bond acceptors (Lipinski definition) is 4. The molecule has 2 aliphatic heterocycles. The summed E-state index contributed by atoms with van der Waals surface area (Å²) in [5, 5.41) is 0. The normalized spacial score (nSPS) is 15.9. The second-order valence-corrected chi connectivity index (χ2v) is 8.23. The van der Waals surface area contributed by atoms with Crippen LogP contribution in [0.15, 0.2) is 53.3 Å². The SMILES string of the molecule is Cc1ccccc1CN1CCn2c1nc(=O)c1c2CCN(Cc2cccc(F)c2)C1. The van der Waals surface area contributed by atoms with E-state index >= 15 is 0 Å². The van der Waals surface area contributed by atoms with Crippen molar-refractivity contribution in [1.82, 2.24) is 14.5 Å². The van der Waals surface area contributed by atoms with Crippen LogP contribution in [0.2, 0.25) is 0 Å². The topological polar surface area (TPSA) is 41.4 Å². The zero-order chi connectivity index (χ0) is 20.7. The van der Waals surface area contributed by atoms with Gasteiger partial charge in [-0.2, -0.15) is 4.98 Å². The predicted octanol–water partition coefficient (Wildman–Crippen LogP) is 3.27. The lowest BCUT2D eigenvalue weighted by Crippen LogP contribution is -2.37. The van der Waals surface area contributed by atoms with Gasteiger partial charge >= 0.3 is 0 Å². The summed E-state index contributed by atoms with van der Waals surface area (Å²) in [6, 6.07) is 15.0. The van der Waals surface area contributed by atoms with Crippen LogP contribution in [-0.4, -0.2) is 27.5 Å². The second-order valence-electron chi connectivity index (χ2n) is 8.23. The van der Waals surface area contributed by atoms with Crippen molar-refractivity contribution in [2.24, 2.45) is 0 Å². The number of anilines is 1. The van der Waals surface area contributed by atoms with Gasteiger partial charge in [0.15, 0.2) is 0 Å². The molecular formula is C24H25FN4O. The molecule has 5 rings (SSSR count). The van der Waals surface area contributed by atoms with Gasteiger partial charge in [0.2, 0.25) is 5.95 Å². The zero-order valence-electron chi connectivity index (χ0n) is 17.1. The van der Waals surface area contributed by atoms with Crippen LogP contribution in [0.1, 0.15) is 27.9 Å². The number of hydrogen-bond donors (Lipinski definition) is 0. The molecule has 0 radical (unpaired) electrons. The summed E-state index contributed by atoms with van der Waals surface area (Å²) in [7, 11) is 0. The summed E-state index contributed by atoms with van der Waals surface area (Å²) in [5.74, 6) is 0.568. The Labute approximate surface area is 175 Å². The Morgan fingerprint density at radius 1 is 1.03 bits per heavy atom. The van der Waals surface area contributed by atoms with Gasteiger partial charge in [-0.25, -0.2) is 4.39 Å². The first-order chi connectivity index (χ1) is 14.6. The van der Waals surface area contributed by atoms with Crippen molar-refractivity contribution < 1.29 is 4.39 Å². The standard InChI is InChI=1S/C24H25FN4O/c1-17-5-2-3-7-19(17)15-28-11-12-29-22-9-10-27(14-18-6-4-8-20(25)13-18)16-21(22)23(30)26-24(28)29/h2-8,13H,9-12,14-16H2,1H3. The Kier molecular flexibility index (Phi) is 4.87. The molecule has 0 spiro atoms. The van der Waals surface area contributed by atoms with Crippen molar-refractivity contribution in [3.05, 3.63) is 92.6 Å². The smallest absolute Gasteiger partial charge is 0.279 e. The minimum Gasteiger partial charge on any atom is -0.336 e. The van der Waals surface area contributed by atoms with Crippen molar-refractivity contribution >= 4 is 5.95 Å². The third-order valence-electron chi connectivity index (χ3n) is 6.22. The van der Waals surface area contributed by atoms with E-state index in [1.54, 1.807) is 12.1 Å². The van der Waals surface area contributed by atoms with E-state index in [9.17, 15) is 9.18 Å². The maximum atomic E-state index is 13.5. The van der Waals surface area contributed by atoms with Gasteiger partial charge < -0.3 is 9.47 Å². The summed E-state index contributed by atoms with van der Waals surface area (Å²) < 4.78 is 15.7. The fourth-order valence-electron chi connectivity index (χ4n) is 4.61. The first-order valence-electron chi connectivity index (χ1n) is 10.5. The number of benzene rings is 2. The highest BCUT2D eigenvalue weighted by atomic mass is 19.1. The molecule has 0 unspecified atom stereocenters. The van der Waals surface area contributed by atoms with Crippen molar-refractivity contribution in [2.75, 3.05) is 18.0 Å². The monoisotopic (exact) mass is 404 g/mol. The first-order valence-corrected chi connectivity index (χ1v) is 10.5. The minimum absolute atomic E-state index is 0.128. The van der Waals surface area contributed by atoms with Gasteiger partial charge in [-0.3, -0.25) is 9.69 Å². The second kappa shape index (κ2) is 7.69. The van der Waals surface area contributed by atoms with E-state index in [0.717, 1.165) is 55.4 Å². The first kappa shape index (κ1) is 19.0. The van der Waals surface area contributed by atoms with Crippen LogP contribution in [0.3, 0.4) is 0 Å². The molecule has 0 atom stereocenters. The number of fused-ring (bicyclic) bond motifs is 3. The molecular weight excluding hydrogens is 379 g/mol. The number of aromatic nitrogens is 2. The molecule has 0 N–H and O–H groups in total. The molecule has 0 bridgehead atoms. The molecule has 0 saturated carbocycles. The molecule has 0 aliphatic carbocycles. The fraction of sp³-hybridized carbons (Fsp3) is 0.333. The van der Waals surface area contributed by atoms with Crippen LogP contribution in [0, 0.1) is 12.7 Å². The fourth-order valence-corrected chi connectivity index (χ4v) is 4.61. The number of halogens is 1. The third-order valence-corrected chi connectivity index (χ3v) is 6.22. The maximum Gasteiger partial charge on any atom is 0.279 e. The molecule has 1 aromatic heterocycles. The van der Waals surface area contributed by atoms with Crippen LogP contribution in [0.5, 0.6) is 0 Å². The van der Waals surface area contributed by atoms with E-state index in [1.165, 1.54) is 17.2 Å². The average Bonchev–Trinajstić information content (AvgIpc) is 3.12. The van der Waals surface area contributed by atoms with Gasteiger partial charge in [-0.05, 0) is 35.7 Å².